The Balaban J connectivity index is 0.000000190. The molecule has 0 atom stereocenters. The van der Waals surface area contributed by atoms with E-state index in [4.69, 9.17) is 14.1 Å². The summed E-state index contributed by atoms with van der Waals surface area (Å²) >= 11 is 0. The second-order valence-corrected chi connectivity index (χ2v) is 17.3. The van der Waals surface area contributed by atoms with E-state index in [1.54, 1.807) is 73.2 Å². The topological polar surface area (TPSA) is 208 Å². The average molecular weight is 966 g/mol. The normalized spacial score (nSPS) is 16.3. The average Bonchev–Trinajstić information content (AvgIpc) is 3.97. The third kappa shape index (κ3) is 11.2. The van der Waals surface area contributed by atoms with Crippen LogP contribution < -0.4 is 21.2 Å². The van der Waals surface area contributed by atoms with Gasteiger partial charge in [-0.2, -0.15) is 18.2 Å². The Labute approximate surface area is 400 Å². The van der Waals surface area contributed by atoms with Crippen LogP contribution >= 0.6 is 0 Å². The number of carbonyl (C=O) groups excluding carboxylic acids is 1. The maximum Gasteiger partial charge on any atom is 0.401 e. The predicted octanol–water partition coefficient (Wildman–Crippen LogP) is 6.21. The second kappa shape index (κ2) is 20.7. The number of anilines is 4. The molecule has 4 N–H and O–H groups in total. The quantitative estimate of drug-likeness (QED) is 0.0750. The van der Waals surface area contributed by atoms with E-state index in [2.05, 4.69) is 66.2 Å². The van der Waals surface area contributed by atoms with Crippen molar-refractivity contribution in [3.8, 4) is 11.6 Å². The number of fused-ring (bicyclic) bond motifs is 2. The molecular formula is C48H54F3N13O6. The Bertz CT molecular complexity index is 2960. The van der Waals surface area contributed by atoms with Gasteiger partial charge < -0.3 is 34.5 Å². The van der Waals surface area contributed by atoms with Crippen molar-refractivity contribution in [2.45, 2.75) is 39.1 Å². The summed E-state index contributed by atoms with van der Waals surface area (Å²) in [5.74, 6) is 0.111. The number of hydrazine groups is 1. The van der Waals surface area contributed by atoms with Crippen molar-refractivity contribution in [2.75, 3.05) is 88.2 Å². The molecule has 368 valence electrons. The lowest BCUT2D eigenvalue weighted by Crippen LogP contribution is -2.50. The summed E-state index contributed by atoms with van der Waals surface area (Å²) in [6.07, 6.45) is 3.61. The molecule has 0 bridgehead atoms. The summed E-state index contributed by atoms with van der Waals surface area (Å²) < 4.78 is 51.8. The van der Waals surface area contributed by atoms with Gasteiger partial charge in [0.1, 0.15) is 11.0 Å². The molecule has 9 rings (SSSR count). The number of aliphatic imine (C=N–C) groups is 1. The fourth-order valence-electron chi connectivity index (χ4n) is 8.05. The zero-order chi connectivity index (χ0) is 49.7. The molecule has 19 nitrogen and oxygen atoms in total. The summed E-state index contributed by atoms with van der Waals surface area (Å²) in [5.41, 5.74) is 5.62. The minimum absolute atomic E-state index is 0.00872. The zero-order valence-corrected chi connectivity index (χ0v) is 39.1. The molecule has 6 aromatic rings. The number of halogens is 3. The number of esters is 1. The van der Waals surface area contributed by atoms with Crippen LogP contribution in [0.5, 0.6) is 5.75 Å². The Morgan fingerprint density at radius 1 is 0.971 bits per heavy atom. The van der Waals surface area contributed by atoms with Crippen molar-refractivity contribution in [3.05, 3.63) is 113 Å². The first-order chi connectivity index (χ1) is 33.5. The van der Waals surface area contributed by atoms with Gasteiger partial charge in [-0.05, 0) is 82.4 Å². The van der Waals surface area contributed by atoms with E-state index in [9.17, 15) is 33.0 Å². The molecule has 0 radical (unpaired) electrons. The maximum absolute atomic E-state index is 13.2. The number of carbonyl (C=O) groups is 1. The minimum Gasteiger partial charge on any atom is -0.504 e. The number of nitrogens with zero attached hydrogens (tertiary/aromatic N) is 11. The molecule has 0 aliphatic carbocycles. The van der Waals surface area contributed by atoms with Gasteiger partial charge in [-0.3, -0.25) is 15.1 Å². The number of likely N-dealkylation sites (N-methyl/N-ethyl adjacent to an activating group) is 1. The van der Waals surface area contributed by atoms with Crippen LogP contribution in [0.1, 0.15) is 48.1 Å². The standard InChI is InChI=1S/C27H32N8O2.C21H22F3N5O4/c1-5-13-34-25(36)21-18-28-26(29-19-9-11-20(12-10-19)33-16-14-32(4)15-17-33)31-24(21)35(34)23-8-6-7-22(30-23)27(2,3)37;1-2-32-20(31)16-17(30)15(10-13-11-26-18-14(13)4-3-5-25-18)33-19(16)27-29-8-6-28(7-9-29)12-21(22,23)24/h5-12,18,37H,1,13-17H2,2-4H3,(H,28,29,31);3-5,10-11,27,30H,2,6-9,12H2,1H3/b;13-10+. The first-order valence-corrected chi connectivity index (χ1v) is 22.6. The van der Waals surface area contributed by atoms with E-state index in [0.29, 0.717) is 39.9 Å². The molecule has 8 heterocycles. The van der Waals surface area contributed by atoms with E-state index in [0.717, 1.165) is 37.4 Å². The molecule has 2 fully saturated rings. The number of alkyl halides is 3. The molecule has 2 saturated heterocycles. The first-order valence-electron chi connectivity index (χ1n) is 22.6. The molecule has 0 spiro atoms. The Hall–Kier alpha value is -7.40. The number of benzene rings is 1. The van der Waals surface area contributed by atoms with Gasteiger partial charge in [0.25, 0.3) is 5.56 Å². The van der Waals surface area contributed by atoms with Gasteiger partial charge in [0.05, 0.1) is 25.4 Å². The van der Waals surface area contributed by atoms with Crippen LogP contribution in [0.4, 0.5) is 42.2 Å². The SMILES string of the molecule is C=CCn1c(=O)c2cnc(Nc3ccc(N4CCN(C)CC4)cc3)nc2n1-c1cccc(C(C)(C)O)n1.CCOC(=O)c1c(NN2CCN(CC(F)(F)F)CC2)oc(/C=C2\C=Nc3ncccc32)c1O. The third-order valence-corrected chi connectivity index (χ3v) is 11.7. The van der Waals surface area contributed by atoms with Crippen molar-refractivity contribution < 1.29 is 37.3 Å². The van der Waals surface area contributed by atoms with Crippen LogP contribution in [0.15, 0.2) is 93.9 Å². The van der Waals surface area contributed by atoms with E-state index < -0.39 is 30.0 Å². The van der Waals surface area contributed by atoms with Crippen LogP contribution in [0.2, 0.25) is 0 Å². The fraction of sp³-hybridized carbons (Fsp3) is 0.354. The van der Waals surface area contributed by atoms with E-state index in [1.807, 2.05) is 18.2 Å². The van der Waals surface area contributed by atoms with Gasteiger partial charge in [0.2, 0.25) is 11.8 Å². The molecular weight excluding hydrogens is 912 g/mol. The number of hydrogen-bond donors (Lipinski definition) is 4. The molecule has 3 aliphatic rings. The van der Waals surface area contributed by atoms with E-state index >= 15 is 0 Å². The molecule has 0 amide bonds. The summed E-state index contributed by atoms with van der Waals surface area (Å²) in [7, 11) is 2.15. The number of aromatic hydroxyl groups is 1. The number of allylic oxidation sites excluding steroid dienone is 2. The Morgan fingerprint density at radius 2 is 1.71 bits per heavy atom. The van der Waals surface area contributed by atoms with Gasteiger partial charge in [0, 0.05) is 93.5 Å². The number of ether oxygens (including phenoxy) is 1. The number of aromatic nitrogens is 6. The number of nitrogens with one attached hydrogen (secondary N) is 2. The predicted molar refractivity (Wildman–Crippen MR) is 260 cm³/mol. The van der Waals surface area contributed by atoms with Gasteiger partial charge in [0.15, 0.2) is 34.4 Å². The van der Waals surface area contributed by atoms with Crippen molar-refractivity contribution in [2.24, 2.45) is 4.99 Å². The zero-order valence-electron chi connectivity index (χ0n) is 39.1. The fourth-order valence-corrected chi connectivity index (χ4v) is 8.05. The monoisotopic (exact) mass is 965 g/mol. The molecule has 0 unspecified atom stereocenters. The van der Waals surface area contributed by atoms with Gasteiger partial charge >= 0.3 is 12.1 Å². The highest BCUT2D eigenvalue weighted by molar-refractivity contribution is 6.21. The molecule has 0 saturated carbocycles. The van der Waals surface area contributed by atoms with Crippen LogP contribution in [-0.2, 0) is 16.9 Å². The molecule has 5 aromatic heterocycles. The third-order valence-electron chi connectivity index (χ3n) is 11.7. The van der Waals surface area contributed by atoms with Crippen LogP contribution in [0, 0.1) is 0 Å². The van der Waals surface area contributed by atoms with Crippen molar-refractivity contribution in [1.29, 1.82) is 0 Å². The number of aliphatic hydroxyl groups is 1. The highest BCUT2D eigenvalue weighted by atomic mass is 19.4. The summed E-state index contributed by atoms with van der Waals surface area (Å²) in [6.45, 7) is 13.1. The molecule has 1 aromatic carbocycles. The van der Waals surface area contributed by atoms with Crippen LogP contribution in [0.3, 0.4) is 0 Å². The Kier molecular flexibility index (Phi) is 14.5. The summed E-state index contributed by atoms with van der Waals surface area (Å²) in [4.78, 5) is 53.7. The van der Waals surface area contributed by atoms with Crippen LogP contribution in [0.25, 0.3) is 28.5 Å². The summed E-state index contributed by atoms with van der Waals surface area (Å²) in [5, 5.41) is 26.4. The molecule has 70 heavy (non-hydrogen) atoms. The van der Waals surface area contributed by atoms with Crippen LogP contribution in [-0.4, -0.2) is 145 Å². The number of hydrogen-bond acceptors (Lipinski definition) is 17. The van der Waals surface area contributed by atoms with Crippen molar-refractivity contribution in [3.63, 3.8) is 0 Å². The summed E-state index contributed by atoms with van der Waals surface area (Å²) in [6, 6.07) is 17.1. The Morgan fingerprint density at radius 3 is 2.40 bits per heavy atom. The maximum atomic E-state index is 13.2. The van der Waals surface area contributed by atoms with Gasteiger partial charge in [-0.1, -0.05) is 12.1 Å². The minimum atomic E-state index is -4.26. The lowest BCUT2D eigenvalue weighted by Gasteiger charge is -2.34. The number of pyridine rings is 2. The number of furan rings is 1. The lowest BCUT2D eigenvalue weighted by atomic mass is 10.1. The van der Waals surface area contributed by atoms with Gasteiger partial charge in [-0.15, -0.1) is 6.58 Å². The number of piperazine rings is 2. The lowest BCUT2D eigenvalue weighted by molar-refractivity contribution is -0.148. The van der Waals surface area contributed by atoms with E-state index in [1.165, 1.54) is 27.5 Å². The van der Waals surface area contributed by atoms with Gasteiger partial charge in [-0.25, -0.2) is 39.1 Å². The molecule has 3 aliphatic heterocycles. The first kappa shape index (κ1) is 49.0. The van der Waals surface area contributed by atoms with Crippen molar-refractivity contribution >= 4 is 63.9 Å². The van der Waals surface area contributed by atoms with E-state index in [-0.39, 0.29) is 62.1 Å². The van der Waals surface area contributed by atoms with Crippen molar-refractivity contribution in [1.82, 2.24) is 44.1 Å². The molecule has 22 heteroatoms. The largest absolute Gasteiger partial charge is 0.504 e. The number of rotatable bonds is 13. The highest BCUT2D eigenvalue weighted by Crippen LogP contribution is 2.39. The smallest absolute Gasteiger partial charge is 0.401 e. The highest BCUT2D eigenvalue weighted by Gasteiger charge is 2.34. The second-order valence-electron chi connectivity index (χ2n) is 17.3.